The number of nitrogens with one attached hydrogen (secondary N) is 2. The van der Waals surface area contributed by atoms with Crippen LogP contribution >= 0.6 is 11.8 Å². The van der Waals surface area contributed by atoms with Crippen LogP contribution in [0, 0.1) is 0 Å². The van der Waals surface area contributed by atoms with Crippen molar-refractivity contribution < 1.29 is 19.4 Å². The third kappa shape index (κ3) is 4.55. The van der Waals surface area contributed by atoms with Gasteiger partial charge in [-0.1, -0.05) is 11.8 Å². The van der Waals surface area contributed by atoms with Crippen molar-refractivity contribution in [2.75, 3.05) is 25.5 Å². The van der Waals surface area contributed by atoms with Crippen molar-refractivity contribution in [2.45, 2.75) is 18.6 Å². The molecule has 0 aliphatic heterocycles. The number of hydrogen-bond acceptors (Lipinski definition) is 8. The zero-order chi connectivity index (χ0) is 17.5. The van der Waals surface area contributed by atoms with Crippen LogP contribution < -0.4 is 10.9 Å². The van der Waals surface area contributed by atoms with Gasteiger partial charge < -0.3 is 20.1 Å². The van der Waals surface area contributed by atoms with Gasteiger partial charge >= 0.3 is 5.97 Å². The number of aromatic amines is 1. The second-order valence-electron chi connectivity index (χ2n) is 4.57. The lowest BCUT2D eigenvalue weighted by Gasteiger charge is -2.05. The highest BCUT2D eigenvalue weighted by atomic mass is 32.2. The second-order valence-corrected chi connectivity index (χ2v) is 5.53. The van der Waals surface area contributed by atoms with Gasteiger partial charge in [-0.25, -0.2) is 9.67 Å². The van der Waals surface area contributed by atoms with Crippen molar-refractivity contribution in [3.05, 3.63) is 16.6 Å². The minimum atomic E-state index is -0.517. The molecule has 0 saturated carbocycles. The summed E-state index contributed by atoms with van der Waals surface area (Å²) in [6.07, 6.45) is 1.37. The number of H-pyrrole nitrogens is 1. The lowest BCUT2D eigenvalue weighted by Crippen LogP contribution is -2.31. The van der Waals surface area contributed by atoms with E-state index in [9.17, 15) is 14.4 Å². The van der Waals surface area contributed by atoms with Crippen molar-refractivity contribution >= 4 is 34.7 Å². The van der Waals surface area contributed by atoms with E-state index in [-0.39, 0.29) is 48.7 Å². The topological polar surface area (TPSA) is 139 Å². The molecule has 0 aromatic carbocycles. The van der Waals surface area contributed by atoms with E-state index >= 15 is 0 Å². The molecular weight excluding hydrogens is 338 g/mol. The van der Waals surface area contributed by atoms with Crippen molar-refractivity contribution in [1.29, 1.82) is 0 Å². The molecule has 24 heavy (non-hydrogen) atoms. The number of thioether (sulfide) groups is 1. The second kappa shape index (κ2) is 8.45. The molecule has 2 aromatic heterocycles. The number of aliphatic hydroxyl groups excluding tert-OH is 1. The highest BCUT2D eigenvalue weighted by Crippen LogP contribution is 2.14. The first-order valence-electron chi connectivity index (χ1n) is 7.17. The fourth-order valence-corrected chi connectivity index (χ4v) is 2.53. The number of carbonyl (C=O) groups is 2. The molecule has 0 spiro atoms. The van der Waals surface area contributed by atoms with Crippen molar-refractivity contribution in [3.63, 3.8) is 0 Å². The maximum atomic E-state index is 12.0. The van der Waals surface area contributed by atoms with Crippen LogP contribution in [0.3, 0.4) is 0 Å². The number of amides is 1. The quantitative estimate of drug-likeness (QED) is 0.307. The Morgan fingerprint density at radius 1 is 1.50 bits per heavy atom. The normalized spacial score (nSPS) is 10.8. The van der Waals surface area contributed by atoms with Gasteiger partial charge in [0.25, 0.3) is 5.56 Å². The van der Waals surface area contributed by atoms with E-state index < -0.39 is 5.97 Å². The first-order chi connectivity index (χ1) is 11.5. The van der Waals surface area contributed by atoms with E-state index in [0.29, 0.717) is 11.0 Å². The first-order valence-corrected chi connectivity index (χ1v) is 8.15. The van der Waals surface area contributed by atoms with E-state index in [2.05, 4.69) is 20.4 Å². The van der Waals surface area contributed by atoms with Gasteiger partial charge in [0, 0.05) is 0 Å². The zero-order valence-corrected chi connectivity index (χ0v) is 13.8. The van der Waals surface area contributed by atoms with E-state index in [1.54, 1.807) is 6.92 Å². The Balaban J connectivity index is 1.99. The Labute approximate surface area is 140 Å². The molecule has 0 aliphatic carbocycles. The Morgan fingerprint density at radius 3 is 3.00 bits per heavy atom. The fraction of sp³-hybridized carbons (Fsp3) is 0.462. The lowest BCUT2D eigenvalue weighted by molar-refractivity contribution is -0.143. The molecule has 0 aliphatic rings. The van der Waals surface area contributed by atoms with Gasteiger partial charge in [0.2, 0.25) is 5.91 Å². The van der Waals surface area contributed by atoms with Crippen LogP contribution in [0.15, 0.2) is 16.1 Å². The summed E-state index contributed by atoms with van der Waals surface area (Å²) in [4.78, 5) is 41.6. The number of nitrogens with zero attached hydrogens (tertiary/aromatic N) is 3. The van der Waals surface area contributed by atoms with Gasteiger partial charge in [-0.15, -0.1) is 0 Å². The van der Waals surface area contributed by atoms with Gasteiger partial charge in [-0.05, 0) is 6.92 Å². The van der Waals surface area contributed by atoms with E-state index in [0.717, 1.165) is 11.8 Å². The van der Waals surface area contributed by atoms with Gasteiger partial charge in [0.15, 0.2) is 10.8 Å². The molecule has 2 rings (SSSR count). The lowest BCUT2D eigenvalue weighted by atomic mass is 10.4. The molecule has 0 saturated heterocycles. The molecule has 11 heteroatoms. The predicted octanol–water partition coefficient (Wildman–Crippen LogP) is -1.12. The molecule has 0 bridgehead atoms. The minimum absolute atomic E-state index is 0.0258. The Bertz CT molecular complexity index is 787. The standard InChI is InChI=1S/C13H17N5O5S/c1-2-23-10(21)6-14-9(20)7-24-13-16-11-8(12(22)17-13)5-15-18(11)3-4-19/h5,19H,2-4,6-7H2,1H3,(H,14,20)(H,16,17,22). The minimum Gasteiger partial charge on any atom is -0.465 e. The van der Waals surface area contributed by atoms with Crippen LogP contribution in [-0.4, -0.2) is 62.2 Å². The summed E-state index contributed by atoms with van der Waals surface area (Å²) in [5.74, 6) is -0.932. The molecular formula is C13H17N5O5S. The van der Waals surface area contributed by atoms with Crippen molar-refractivity contribution in [3.8, 4) is 0 Å². The summed E-state index contributed by atoms with van der Waals surface area (Å²) in [5.41, 5.74) is -0.0409. The van der Waals surface area contributed by atoms with E-state index in [1.165, 1.54) is 10.9 Å². The largest absolute Gasteiger partial charge is 0.465 e. The van der Waals surface area contributed by atoms with Gasteiger partial charge in [-0.2, -0.15) is 5.10 Å². The van der Waals surface area contributed by atoms with Gasteiger partial charge in [0.05, 0.1) is 31.7 Å². The van der Waals surface area contributed by atoms with Crippen LogP contribution in [-0.2, 0) is 20.9 Å². The number of fused-ring (bicyclic) bond motifs is 1. The summed E-state index contributed by atoms with van der Waals surface area (Å²) in [6, 6.07) is 0. The molecule has 0 radical (unpaired) electrons. The Hall–Kier alpha value is -2.40. The summed E-state index contributed by atoms with van der Waals surface area (Å²) in [5, 5.41) is 15.9. The molecule has 0 fully saturated rings. The molecule has 130 valence electrons. The van der Waals surface area contributed by atoms with E-state index in [4.69, 9.17) is 9.84 Å². The number of ether oxygens (including phenoxy) is 1. The smallest absolute Gasteiger partial charge is 0.325 e. The van der Waals surface area contributed by atoms with Gasteiger partial charge in [-0.3, -0.25) is 14.4 Å². The molecule has 2 aromatic rings. The SMILES string of the molecule is CCOC(=O)CNC(=O)CSc1nc2c(cnn2CCO)c(=O)[nH]1. The molecule has 10 nitrogen and oxygen atoms in total. The maximum Gasteiger partial charge on any atom is 0.325 e. The summed E-state index contributed by atoms with van der Waals surface area (Å²) in [7, 11) is 0. The average molecular weight is 355 g/mol. The maximum absolute atomic E-state index is 12.0. The zero-order valence-electron chi connectivity index (χ0n) is 12.9. The average Bonchev–Trinajstić information content (AvgIpc) is 2.95. The van der Waals surface area contributed by atoms with Crippen LogP contribution in [0.2, 0.25) is 0 Å². The Morgan fingerprint density at radius 2 is 2.29 bits per heavy atom. The third-order valence-corrected chi connectivity index (χ3v) is 3.74. The molecule has 3 N–H and O–H groups in total. The van der Waals surface area contributed by atoms with Crippen LogP contribution in [0.4, 0.5) is 0 Å². The number of carbonyl (C=O) groups excluding carboxylic acids is 2. The summed E-state index contributed by atoms with van der Waals surface area (Å²) in [6.45, 7) is 1.79. The molecule has 2 heterocycles. The third-order valence-electron chi connectivity index (χ3n) is 2.87. The van der Waals surface area contributed by atoms with Crippen LogP contribution in [0.1, 0.15) is 6.92 Å². The van der Waals surface area contributed by atoms with Crippen LogP contribution in [0.25, 0.3) is 11.0 Å². The number of aliphatic hydroxyl groups is 1. The van der Waals surface area contributed by atoms with Crippen LogP contribution in [0.5, 0.6) is 0 Å². The summed E-state index contributed by atoms with van der Waals surface area (Å²) < 4.78 is 6.11. The molecule has 0 unspecified atom stereocenters. The Kier molecular flexibility index (Phi) is 6.32. The molecule has 1 amide bonds. The first kappa shape index (κ1) is 17.9. The van der Waals surface area contributed by atoms with Crippen molar-refractivity contribution in [1.82, 2.24) is 25.1 Å². The summed E-state index contributed by atoms with van der Waals surface area (Å²) >= 11 is 1.02. The monoisotopic (exact) mass is 355 g/mol. The highest BCUT2D eigenvalue weighted by molar-refractivity contribution is 7.99. The predicted molar refractivity (Wildman–Crippen MR) is 85.6 cm³/mol. The van der Waals surface area contributed by atoms with Crippen molar-refractivity contribution in [2.24, 2.45) is 0 Å². The number of esters is 1. The number of hydrogen-bond donors (Lipinski definition) is 3. The van der Waals surface area contributed by atoms with Gasteiger partial charge in [0.1, 0.15) is 11.9 Å². The number of rotatable bonds is 8. The van der Waals surface area contributed by atoms with E-state index in [1.807, 2.05) is 0 Å². The fourth-order valence-electron chi connectivity index (χ4n) is 1.84. The molecule has 0 atom stereocenters. The highest BCUT2D eigenvalue weighted by Gasteiger charge is 2.12. The number of aromatic nitrogens is 4.